The Labute approximate surface area is 190 Å². The molecule has 0 fully saturated rings. The van der Waals surface area contributed by atoms with Gasteiger partial charge < -0.3 is 17.5 Å². The van der Waals surface area contributed by atoms with Gasteiger partial charge in [-0.05, 0) is 16.4 Å². The van der Waals surface area contributed by atoms with Crippen LogP contribution < -0.4 is 17.5 Å². The van der Waals surface area contributed by atoms with E-state index in [4.69, 9.17) is 0 Å². The van der Waals surface area contributed by atoms with Crippen LogP contribution in [0.4, 0.5) is 0 Å². The fraction of sp³-hybridized carbons (Fsp3) is 0.375. The number of fused-ring (bicyclic) bond motifs is 1. The van der Waals surface area contributed by atoms with Crippen molar-refractivity contribution in [3.8, 4) is 5.75 Å². The van der Waals surface area contributed by atoms with Gasteiger partial charge >= 0.3 is 26.2 Å². The molecule has 27 heavy (non-hydrogen) atoms. The van der Waals surface area contributed by atoms with Crippen molar-refractivity contribution in [1.82, 2.24) is 0 Å². The largest absolute Gasteiger partial charge is 3.00 e. The van der Waals surface area contributed by atoms with Crippen molar-refractivity contribution in [2.24, 2.45) is 0 Å². The molecule has 1 radical (unpaired) electrons. The van der Waals surface area contributed by atoms with Crippen molar-refractivity contribution >= 4 is 10.8 Å². The van der Waals surface area contributed by atoms with Gasteiger partial charge in [0.25, 0.3) is 0 Å². The van der Waals surface area contributed by atoms with Gasteiger partial charge in [0.15, 0.2) is 0 Å². The van der Waals surface area contributed by atoms with Crippen molar-refractivity contribution in [2.75, 3.05) is 0 Å². The molecular weight excluding hydrogens is 431 g/mol. The SMILES string of the molecule is CC(C)(C)c1ccc([O-])c(C(C)(C)C)c1.Cc1cc2ccccc2[cH-]1.[Cl-].[Zr+3]. The average Bonchev–Trinajstić information content (AvgIpc) is 2.86. The van der Waals surface area contributed by atoms with Crippen LogP contribution in [-0.4, -0.2) is 0 Å². The average molecular weight is 461 g/mol. The Bertz CT molecular complexity index is 818. The third-order valence-electron chi connectivity index (χ3n) is 4.42. The summed E-state index contributed by atoms with van der Waals surface area (Å²) in [7, 11) is 0. The van der Waals surface area contributed by atoms with Gasteiger partial charge in [-0.2, -0.15) is 6.07 Å². The predicted octanol–water partition coefficient (Wildman–Crippen LogP) is 3.22. The first kappa shape index (κ1) is 26.0. The van der Waals surface area contributed by atoms with Crippen LogP contribution in [0.15, 0.2) is 54.6 Å². The van der Waals surface area contributed by atoms with E-state index >= 15 is 0 Å². The minimum Gasteiger partial charge on any atom is -1.00 e. The molecule has 0 unspecified atom stereocenters. The molecule has 0 spiro atoms. The van der Waals surface area contributed by atoms with Crippen molar-refractivity contribution in [3.63, 3.8) is 0 Å². The van der Waals surface area contributed by atoms with Gasteiger partial charge in [0, 0.05) is 0 Å². The quantitative estimate of drug-likeness (QED) is 0.472. The summed E-state index contributed by atoms with van der Waals surface area (Å²) in [6, 6.07) is 18.5. The van der Waals surface area contributed by atoms with Crippen molar-refractivity contribution in [1.29, 1.82) is 0 Å². The molecule has 3 rings (SSSR count). The molecule has 0 amide bonds. The normalized spacial score (nSPS) is 11.1. The Morgan fingerprint density at radius 3 is 1.93 bits per heavy atom. The smallest absolute Gasteiger partial charge is 1.00 e. The van der Waals surface area contributed by atoms with E-state index in [1.807, 2.05) is 6.07 Å². The van der Waals surface area contributed by atoms with Crippen molar-refractivity contribution in [3.05, 3.63) is 71.3 Å². The summed E-state index contributed by atoms with van der Waals surface area (Å²) < 4.78 is 0. The van der Waals surface area contributed by atoms with Crippen molar-refractivity contribution < 1.29 is 43.7 Å². The van der Waals surface area contributed by atoms with E-state index in [0.29, 0.717) is 0 Å². The molecule has 143 valence electrons. The van der Waals surface area contributed by atoms with E-state index in [1.54, 1.807) is 6.07 Å². The first-order chi connectivity index (χ1) is 11.5. The monoisotopic (exact) mass is 459 g/mol. The first-order valence-electron chi connectivity index (χ1n) is 8.92. The van der Waals surface area contributed by atoms with Gasteiger partial charge in [-0.3, -0.25) is 0 Å². The van der Waals surface area contributed by atoms with Crippen LogP contribution in [0.25, 0.3) is 10.8 Å². The molecule has 0 aliphatic carbocycles. The maximum Gasteiger partial charge on any atom is 3.00 e. The number of hydrogen-bond acceptors (Lipinski definition) is 1. The Morgan fingerprint density at radius 2 is 1.41 bits per heavy atom. The maximum absolute atomic E-state index is 11.7. The molecule has 1 nitrogen and oxygen atoms in total. The molecule has 3 aromatic carbocycles. The van der Waals surface area contributed by atoms with Crippen LogP contribution in [0.1, 0.15) is 58.2 Å². The van der Waals surface area contributed by atoms with E-state index in [1.165, 1.54) is 21.9 Å². The van der Waals surface area contributed by atoms with Crippen LogP contribution in [0, 0.1) is 6.92 Å². The number of benzene rings is 2. The second-order valence-electron chi connectivity index (χ2n) is 8.87. The molecule has 0 aliphatic rings. The Hall–Kier alpha value is -0.977. The molecule has 0 heterocycles. The second kappa shape index (κ2) is 9.99. The maximum atomic E-state index is 11.7. The topological polar surface area (TPSA) is 23.1 Å². The fourth-order valence-corrected chi connectivity index (χ4v) is 2.89. The third-order valence-corrected chi connectivity index (χ3v) is 4.42. The number of rotatable bonds is 0. The fourth-order valence-electron chi connectivity index (χ4n) is 2.89. The van der Waals surface area contributed by atoms with Crippen LogP contribution in [-0.2, 0) is 37.0 Å². The molecule has 0 saturated heterocycles. The molecule has 3 aromatic rings. The number of hydrogen-bond donors (Lipinski definition) is 0. The zero-order valence-electron chi connectivity index (χ0n) is 17.5. The van der Waals surface area contributed by atoms with E-state index in [9.17, 15) is 5.11 Å². The zero-order valence-corrected chi connectivity index (χ0v) is 20.7. The summed E-state index contributed by atoms with van der Waals surface area (Å²) in [6.45, 7) is 14.9. The minimum atomic E-state index is -0.0711. The van der Waals surface area contributed by atoms with Gasteiger partial charge in [0.05, 0.1) is 0 Å². The van der Waals surface area contributed by atoms with E-state index < -0.39 is 0 Å². The van der Waals surface area contributed by atoms with E-state index in [0.717, 1.165) is 5.56 Å². The van der Waals surface area contributed by atoms with Crippen LogP contribution in [0.5, 0.6) is 5.75 Å². The Balaban J connectivity index is 0.000000493. The zero-order chi connectivity index (χ0) is 18.8. The summed E-state index contributed by atoms with van der Waals surface area (Å²) in [6.07, 6.45) is 0. The van der Waals surface area contributed by atoms with Gasteiger partial charge in [-0.1, -0.05) is 78.3 Å². The van der Waals surface area contributed by atoms with Crippen molar-refractivity contribution in [2.45, 2.75) is 59.3 Å². The third kappa shape index (κ3) is 7.17. The summed E-state index contributed by atoms with van der Waals surface area (Å²) in [5, 5.41) is 14.4. The minimum absolute atomic E-state index is 0. The molecular formula is C24H30ClOZr. The summed E-state index contributed by atoms with van der Waals surface area (Å²) >= 11 is 0. The summed E-state index contributed by atoms with van der Waals surface area (Å²) in [5.74, 6) is 0.149. The Morgan fingerprint density at radius 1 is 0.815 bits per heavy atom. The molecule has 0 aliphatic heterocycles. The van der Waals surface area contributed by atoms with Gasteiger partial charge in [-0.15, -0.1) is 46.4 Å². The summed E-state index contributed by atoms with van der Waals surface area (Å²) in [4.78, 5) is 0. The van der Waals surface area contributed by atoms with E-state index in [2.05, 4.69) is 90.9 Å². The Kier molecular flexibility index (Phi) is 9.63. The predicted molar refractivity (Wildman–Crippen MR) is 108 cm³/mol. The van der Waals surface area contributed by atoms with Crippen LogP contribution in [0.3, 0.4) is 0 Å². The second-order valence-corrected chi connectivity index (χ2v) is 8.87. The summed E-state index contributed by atoms with van der Waals surface area (Å²) in [5.41, 5.74) is 3.52. The molecule has 0 atom stereocenters. The number of halogens is 1. The standard InChI is InChI=1S/C14H22O.C10H9.ClH.Zr/c1-13(2,3)10-7-8-12(15)11(9-10)14(4,5)6;1-8-6-9-4-2-3-5-10(9)7-8;;/h7-9,15H,1-6H3;2-7H,1H3;1H;/q;-1;;+3/p-2. The van der Waals surface area contributed by atoms with Crippen LogP contribution in [0.2, 0.25) is 0 Å². The molecule has 0 saturated carbocycles. The molecule has 3 heteroatoms. The van der Waals surface area contributed by atoms with E-state index in [-0.39, 0.29) is 55.2 Å². The first-order valence-corrected chi connectivity index (χ1v) is 8.92. The molecule has 0 aromatic heterocycles. The molecule has 0 N–H and O–H groups in total. The van der Waals surface area contributed by atoms with Gasteiger partial charge in [0.2, 0.25) is 0 Å². The van der Waals surface area contributed by atoms with Gasteiger partial charge in [0.1, 0.15) is 0 Å². The van der Waals surface area contributed by atoms with Crippen LogP contribution >= 0.6 is 0 Å². The van der Waals surface area contributed by atoms with Gasteiger partial charge in [-0.25, -0.2) is 0 Å². The number of aryl methyl sites for hydroxylation is 1. The molecule has 0 bridgehead atoms.